The van der Waals surface area contributed by atoms with Crippen molar-refractivity contribution in [1.82, 2.24) is 4.98 Å². The standard InChI is InChI=1S/C23H21Cl2N3O2S/c24-14-11-16-19(17(25)12-14)27-21(29)23(16,30)20-18(13-7-3-1-4-8-13)28-22(31-20)26-15-9-5-2-6-10-15/h1,3-4,7-8,11-12,15,30H,2,5-6,9-10H2,(H,26,28)(H,27,29). The Hall–Kier alpha value is -2.12. The summed E-state index contributed by atoms with van der Waals surface area (Å²) in [7, 11) is 0. The number of fused-ring (bicyclic) bond motifs is 1. The third-order valence-electron chi connectivity index (χ3n) is 5.95. The maximum atomic E-state index is 13.1. The van der Waals surface area contributed by atoms with Crippen LogP contribution in [0.15, 0.2) is 42.5 Å². The third kappa shape index (κ3) is 3.61. The van der Waals surface area contributed by atoms with Gasteiger partial charge in [0.25, 0.3) is 5.91 Å². The van der Waals surface area contributed by atoms with Gasteiger partial charge in [-0.2, -0.15) is 0 Å². The second-order valence-electron chi connectivity index (χ2n) is 8.02. The number of thiazole rings is 1. The molecular formula is C23H21Cl2N3O2S. The number of benzene rings is 2. The summed E-state index contributed by atoms with van der Waals surface area (Å²) in [6, 6.07) is 13.1. The number of nitrogens with one attached hydrogen (secondary N) is 2. The maximum Gasteiger partial charge on any atom is 0.266 e. The van der Waals surface area contributed by atoms with Gasteiger partial charge in [-0.15, -0.1) is 0 Å². The Bertz CT molecular complexity index is 1150. The predicted octanol–water partition coefficient (Wildman–Crippen LogP) is 6.05. The molecule has 1 unspecified atom stereocenters. The summed E-state index contributed by atoms with van der Waals surface area (Å²) < 4.78 is 0. The highest BCUT2D eigenvalue weighted by atomic mass is 35.5. The molecule has 1 amide bonds. The average molecular weight is 474 g/mol. The lowest BCUT2D eigenvalue weighted by Crippen LogP contribution is -2.35. The highest BCUT2D eigenvalue weighted by Crippen LogP contribution is 2.50. The van der Waals surface area contributed by atoms with E-state index in [1.165, 1.54) is 30.6 Å². The van der Waals surface area contributed by atoms with Crippen LogP contribution in [-0.2, 0) is 10.4 Å². The van der Waals surface area contributed by atoms with Crippen molar-refractivity contribution in [2.24, 2.45) is 0 Å². The molecule has 1 atom stereocenters. The van der Waals surface area contributed by atoms with Crippen LogP contribution in [0.1, 0.15) is 42.5 Å². The van der Waals surface area contributed by atoms with Gasteiger partial charge in [0.1, 0.15) is 0 Å². The van der Waals surface area contributed by atoms with Crippen molar-refractivity contribution in [2.45, 2.75) is 43.7 Å². The Morgan fingerprint density at radius 2 is 1.87 bits per heavy atom. The van der Waals surface area contributed by atoms with Crippen LogP contribution in [0, 0.1) is 0 Å². The molecule has 0 bridgehead atoms. The van der Waals surface area contributed by atoms with E-state index in [0.717, 1.165) is 18.4 Å². The minimum Gasteiger partial charge on any atom is -0.371 e. The number of anilines is 2. The van der Waals surface area contributed by atoms with Gasteiger partial charge in [-0.25, -0.2) is 4.98 Å². The number of amides is 1. The largest absolute Gasteiger partial charge is 0.371 e. The first kappa shape index (κ1) is 20.8. The SMILES string of the molecule is O=C1Nc2c(Cl)cc(Cl)cc2C1(O)c1sc(NC2CCCCC2)nc1-c1ccccc1. The molecule has 0 saturated heterocycles. The fourth-order valence-corrected chi connectivity index (χ4v) is 6.09. The second-order valence-corrected chi connectivity index (χ2v) is 9.86. The van der Waals surface area contributed by atoms with Gasteiger partial charge in [0.15, 0.2) is 5.13 Å². The number of halogens is 2. The van der Waals surface area contributed by atoms with Gasteiger partial charge in [-0.3, -0.25) is 4.79 Å². The lowest BCUT2D eigenvalue weighted by Gasteiger charge is -2.22. The first-order chi connectivity index (χ1) is 15.0. The van der Waals surface area contributed by atoms with E-state index in [9.17, 15) is 9.90 Å². The van der Waals surface area contributed by atoms with Crippen LogP contribution in [0.3, 0.4) is 0 Å². The zero-order chi connectivity index (χ0) is 21.6. The molecule has 1 saturated carbocycles. The zero-order valence-electron chi connectivity index (χ0n) is 16.6. The van der Waals surface area contributed by atoms with E-state index in [4.69, 9.17) is 28.2 Å². The van der Waals surface area contributed by atoms with E-state index in [1.54, 1.807) is 12.1 Å². The van der Waals surface area contributed by atoms with E-state index in [1.807, 2.05) is 30.3 Å². The molecule has 2 heterocycles. The molecule has 31 heavy (non-hydrogen) atoms. The summed E-state index contributed by atoms with van der Waals surface area (Å²) in [6.45, 7) is 0. The van der Waals surface area contributed by atoms with Crippen molar-refractivity contribution >= 4 is 51.3 Å². The fourth-order valence-electron chi connectivity index (χ4n) is 4.38. The van der Waals surface area contributed by atoms with Gasteiger partial charge in [-0.1, -0.05) is 84.1 Å². The second kappa shape index (κ2) is 8.10. The van der Waals surface area contributed by atoms with Crippen LogP contribution in [0.5, 0.6) is 0 Å². The van der Waals surface area contributed by atoms with Crippen LogP contribution in [0.4, 0.5) is 10.8 Å². The van der Waals surface area contributed by atoms with Gasteiger partial charge < -0.3 is 15.7 Å². The summed E-state index contributed by atoms with van der Waals surface area (Å²) in [5.74, 6) is -0.559. The van der Waals surface area contributed by atoms with Crippen molar-refractivity contribution in [3.05, 3.63) is 63.0 Å². The Labute approximate surface area is 194 Å². The quantitative estimate of drug-likeness (QED) is 0.431. The number of carbonyl (C=O) groups excluding carboxylic acids is 1. The van der Waals surface area contributed by atoms with Crippen molar-refractivity contribution in [3.63, 3.8) is 0 Å². The number of rotatable bonds is 4. The lowest BCUT2D eigenvalue weighted by molar-refractivity contribution is -0.129. The molecule has 3 N–H and O–H groups in total. The number of hydrogen-bond acceptors (Lipinski definition) is 5. The molecule has 1 aliphatic carbocycles. The molecule has 5 nitrogen and oxygen atoms in total. The van der Waals surface area contributed by atoms with E-state index in [2.05, 4.69) is 10.6 Å². The first-order valence-electron chi connectivity index (χ1n) is 10.3. The molecule has 0 radical (unpaired) electrons. The monoisotopic (exact) mass is 473 g/mol. The Balaban J connectivity index is 1.65. The smallest absolute Gasteiger partial charge is 0.266 e. The number of carbonyl (C=O) groups is 1. The Morgan fingerprint density at radius 3 is 2.61 bits per heavy atom. The number of hydrogen-bond donors (Lipinski definition) is 3. The molecular weight excluding hydrogens is 453 g/mol. The predicted molar refractivity (Wildman–Crippen MR) is 126 cm³/mol. The van der Waals surface area contributed by atoms with E-state index in [-0.39, 0.29) is 5.02 Å². The van der Waals surface area contributed by atoms with Crippen LogP contribution in [0.2, 0.25) is 10.0 Å². The fraction of sp³-hybridized carbons (Fsp3) is 0.304. The summed E-state index contributed by atoms with van der Waals surface area (Å²) in [5.41, 5.74) is 0.200. The number of nitrogens with zero attached hydrogens (tertiary/aromatic N) is 1. The zero-order valence-corrected chi connectivity index (χ0v) is 18.9. The molecule has 2 aromatic carbocycles. The minimum absolute atomic E-state index is 0.290. The molecule has 5 rings (SSSR count). The highest BCUT2D eigenvalue weighted by Gasteiger charge is 2.51. The maximum absolute atomic E-state index is 13.1. The summed E-state index contributed by atoms with van der Waals surface area (Å²) in [6.07, 6.45) is 5.83. The molecule has 8 heteroatoms. The van der Waals surface area contributed by atoms with Crippen LogP contribution >= 0.6 is 34.5 Å². The average Bonchev–Trinajstić information content (AvgIpc) is 3.30. The van der Waals surface area contributed by atoms with Gasteiger partial charge in [0.2, 0.25) is 5.60 Å². The number of aliphatic hydroxyl groups is 1. The van der Waals surface area contributed by atoms with Gasteiger partial charge >= 0.3 is 0 Å². The molecule has 2 aliphatic rings. The molecule has 3 aromatic rings. The highest BCUT2D eigenvalue weighted by molar-refractivity contribution is 7.16. The summed E-state index contributed by atoms with van der Waals surface area (Å²) in [5, 5.41) is 19.4. The molecule has 1 aromatic heterocycles. The van der Waals surface area contributed by atoms with Gasteiger partial charge in [0, 0.05) is 22.2 Å². The lowest BCUT2D eigenvalue weighted by atomic mass is 9.91. The van der Waals surface area contributed by atoms with Crippen molar-refractivity contribution in [3.8, 4) is 11.3 Å². The van der Waals surface area contributed by atoms with E-state index in [0.29, 0.717) is 38.0 Å². The van der Waals surface area contributed by atoms with Crippen LogP contribution in [-0.4, -0.2) is 22.0 Å². The van der Waals surface area contributed by atoms with Gasteiger partial charge in [0.05, 0.1) is 21.3 Å². The topological polar surface area (TPSA) is 74.2 Å². The van der Waals surface area contributed by atoms with Crippen molar-refractivity contribution < 1.29 is 9.90 Å². The molecule has 1 aliphatic heterocycles. The Morgan fingerprint density at radius 1 is 1.13 bits per heavy atom. The van der Waals surface area contributed by atoms with E-state index >= 15 is 0 Å². The molecule has 160 valence electrons. The minimum atomic E-state index is -1.93. The summed E-state index contributed by atoms with van der Waals surface area (Å²) in [4.78, 5) is 18.4. The Kier molecular flexibility index (Phi) is 5.42. The summed E-state index contributed by atoms with van der Waals surface area (Å²) >= 11 is 13.8. The van der Waals surface area contributed by atoms with Crippen LogP contribution in [0.25, 0.3) is 11.3 Å². The molecule has 1 fully saturated rings. The van der Waals surface area contributed by atoms with Gasteiger partial charge in [-0.05, 0) is 25.0 Å². The van der Waals surface area contributed by atoms with Crippen molar-refractivity contribution in [2.75, 3.05) is 10.6 Å². The normalized spacial score (nSPS) is 21.1. The first-order valence-corrected chi connectivity index (χ1v) is 11.9. The van der Waals surface area contributed by atoms with Crippen molar-refractivity contribution in [1.29, 1.82) is 0 Å². The third-order valence-corrected chi connectivity index (χ3v) is 7.56. The van der Waals surface area contributed by atoms with Crippen LogP contribution < -0.4 is 10.6 Å². The van der Waals surface area contributed by atoms with E-state index < -0.39 is 11.5 Å². The number of aromatic nitrogens is 1. The molecule has 0 spiro atoms.